The predicted molar refractivity (Wildman–Crippen MR) is 59.6 cm³/mol. The van der Waals surface area contributed by atoms with Gasteiger partial charge in [-0.1, -0.05) is 20.8 Å². The zero-order chi connectivity index (χ0) is 11.3. The van der Waals surface area contributed by atoms with Crippen molar-refractivity contribution in [2.24, 2.45) is 22.7 Å². The van der Waals surface area contributed by atoms with Crippen LogP contribution in [0.1, 0.15) is 52.9 Å². The molecule has 2 aliphatic carbocycles. The number of aliphatic carboxylic acids is 1. The molecule has 3 unspecified atom stereocenters. The maximum atomic E-state index is 10.7. The third-order valence-electron chi connectivity index (χ3n) is 5.68. The fourth-order valence-corrected chi connectivity index (χ4v) is 4.10. The lowest BCUT2D eigenvalue weighted by atomic mass is 9.57. The summed E-state index contributed by atoms with van der Waals surface area (Å²) >= 11 is 0. The van der Waals surface area contributed by atoms with E-state index in [4.69, 9.17) is 5.11 Å². The molecule has 0 radical (unpaired) electrons. The van der Waals surface area contributed by atoms with Crippen molar-refractivity contribution >= 4 is 5.97 Å². The number of hydrogen-bond acceptors (Lipinski definition) is 1. The molecule has 0 aromatic carbocycles. The molecular formula is C13H22O2. The van der Waals surface area contributed by atoms with Gasteiger partial charge in [0.1, 0.15) is 0 Å². The van der Waals surface area contributed by atoms with E-state index in [1.54, 1.807) is 0 Å². The standard InChI is InChI=1S/C13H22O2/c1-12(2)9-4-5-10(8-9)13(12,3)7-6-11(14)15/h9-10H,4-8H2,1-3H3,(H,14,15). The van der Waals surface area contributed by atoms with Crippen LogP contribution in [0.5, 0.6) is 0 Å². The highest BCUT2D eigenvalue weighted by Crippen LogP contribution is 2.67. The quantitative estimate of drug-likeness (QED) is 0.776. The Morgan fingerprint density at radius 3 is 2.33 bits per heavy atom. The van der Waals surface area contributed by atoms with Crippen LogP contribution >= 0.6 is 0 Å². The van der Waals surface area contributed by atoms with Crippen molar-refractivity contribution in [3.8, 4) is 0 Å². The molecule has 0 spiro atoms. The number of carbonyl (C=O) groups is 1. The molecule has 2 bridgehead atoms. The molecule has 2 saturated carbocycles. The molecule has 2 heteroatoms. The molecule has 15 heavy (non-hydrogen) atoms. The molecule has 0 amide bonds. The highest BCUT2D eigenvalue weighted by Gasteiger charge is 2.59. The van der Waals surface area contributed by atoms with Gasteiger partial charge in [0.15, 0.2) is 0 Å². The van der Waals surface area contributed by atoms with Crippen LogP contribution in [0.15, 0.2) is 0 Å². The van der Waals surface area contributed by atoms with Crippen molar-refractivity contribution < 1.29 is 9.90 Å². The zero-order valence-corrected chi connectivity index (χ0v) is 10.0. The molecule has 0 heterocycles. The van der Waals surface area contributed by atoms with Crippen molar-refractivity contribution in [2.45, 2.75) is 52.9 Å². The zero-order valence-electron chi connectivity index (χ0n) is 10.0. The first-order chi connectivity index (χ1) is 6.88. The maximum Gasteiger partial charge on any atom is 0.303 e. The maximum absolute atomic E-state index is 10.7. The van der Waals surface area contributed by atoms with Gasteiger partial charge in [-0.15, -0.1) is 0 Å². The fraction of sp³-hybridized carbons (Fsp3) is 0.923. The van der Waals surface area contributed by atoms with Gasteiger partial charge in [0, 0.05) is 6.42 Å². The van der Waals surface area contributed by atoms with Crippen LogP contribution in [0.4, 0.5) is 0 Å². The molecule has 3 atom stereocenters. The minimum Gasteiger partial charge on any atom is -0.481 e. The van der Waals surface area contributed by atoms with E-state index in [2.05, 4.69) is 20.8 Å². The molecule has 0 aromatic heterocycles. The summed E-state index contributed by atoms with van der Waals surface area (Å²) in [5.74, 6) is 0.966. The normalized spacial score (nSPS) is 42.1. The lowest BCUT2D eigenvalue weighted by molar-refractivity contribution is -0.138. The summed E-state index contributed by atoms with van der Waals surface area (Å²) in [6, 6.07) is 0. The van der Waals surface area contributed by atoms with Gasteiger partial charge in [-0.3, -0.25) is 4.79 Å². The van der Waals surface area contributed by atoms with Crippen molar-refractivity contribution in [3.05, 3.63) is 0 Å². The van der Waals surface area contributed by atoms with Crippen LogP contribution in [0.3, 0.4) is 0 Å². The third-order valence-corrected chi connectivity index (χ3v) is 5.68. The molecule has 2 fully saturated rings. The van der Waals surface area contributed by atoms with E-state index in [1.165, 1.54) is 19.3 Å². The largest absolute Gasteiger partial charge is 0.481 e. The van der Waals surface area contributed by atoms with Crippen LogP contribution in [0.2, 0.25) is 0 Å². The third kappa shape index (κ3) is 1.41. The van der Waals surface area contributed by atoms with Crippen LogP contribution in [0.25, 0.3) is 0 Å². The highest BCUT2D eigenvalue weighted by atomic mass is 16.4. The molecule has 0 aliphatic heterocycles. The smallest absolute Gasteiger partial charge is 0.303 e. The molecular weight excluding hydrogens is 188 g/mol. The topological polar surface area (TPSA) is 37.3 Å². The molecule has 2 nitrogen and oxygen atoms in total. The highest BCUT2D eigenvalue weighted by molar-refractivity contribution is 5.66. The van der Waals surface area contributed by atoms with E-state index in [0.717, 1.165) is 18.3 Å². The van der Waals surface area contributed by atoms with Gasteiger partial charge in [-0.05, 0) is 48.3 Å². The number of fused-ring (bicyclic) bond motifs is 2. The Balaban J connectivity index is 2.15. The fourth-order valence-electron chi connectivity index (χ4n) is 4.10. The molecule has 1 N–H and O–H groups in total. The summed E-state index contributed by atoms with van der Waals surface area (Å²) in [6.07, 6.45) is 5.22. The second-order valence-electron chi connectivity index (χ2n) is 6.24. The van der Waals surface area contributed by atoms with Crippen LogP contribution in [-0.2, 0) is 4.79 Å². The lowest BCUT2D eigenvalue weighted by Gasteiger charge is -2.48. The van der Waals surface area contributed by atoms with E-state index < -0.39 is 5.97 Å². The SMILES string of the molecule is CC1(C)C2CCC(C2)C1(C)CCC(=O)O. The van der Waals surface area contributed by atoms with Gasteiger partial charge >= 0.3 is 5.97 Å². The Bertz CT molecular complexity index is 282. The predicted octanol–water partition coefficient (Wildman–Crippen LogP) is 3.31. The molecule has 0 saturated heterocycles. The van der Waals surface area contributed by atoms with Crippen molar-refractivity contribution in [1.82, 2.24) is 0 Å². The van der Waals surface area contributed by atoms with Crippen molar-refractivity contribution in [2.75, 3.05) is 0 Å². The van der Waals surface area contributed by atoms with Gasteiger partial charge in [-0.2, -0.15) is 0 Å². The monoisotopic (exact) mass is 210 g/mol. The summed E-state index contributed by atoms with van der Waals surface area (Å²) < 4.78 is 0. The molecule has 86 valence electrons. The van der Waals surface area contributed by atoms with Crippen molar-refractivity contribution in [1.29, 1.82) is 0 Å². The summed E-state index contributed by atoms with van der Waals surface area (Å²) in [5, 5.41) is 8.83. The van der Waals surface area contributed by atoms with E-state index in [0.29, 0.717) is 11.8 Å². The molecule has 2 rings (SSSR count). The number of hydrogen-bond donors (Lipinski definition) is 1. The van der Waals surface area contributed by atoms with Crippen LogP contribution < -0.4 is 0 Å². The Kier molecular flexibility index (Phi) is 2.36. The number of rotatable bonds is 3. The summed E-state index contributed by atoms with van der Waals surface area (Å²) in [4.78, 5) is 10.7. The first kappa shape index (κ1) is 11.0. The summed E-state index contributed by atoms with van der Waals surface area (Å²) in [7, 11) is 0. The molecule has 2 aliphatic rings. The minimum absolute atomic E-state index is 0.258. The van der Waals surface area contributed by atoms with Gasteiger partial charge in [0.05, 0.1) is 0 Å². The van der Waals surface area contributed by atoms with Gasteiger partial charge in [0.2, 0.25) is 0 Å². The lowest BCUT2D eigenvalue weighted by Crippen LogP contribution is -2.40. The van der Waals surface area contributed by atoms with E-state index in [9.17, 15) is 4.79 Å². The second kappa shape index (κ2) is 3.23. The van der Waals surface area contributed by atoms with Crippen LogP contribution in [0, 0.1) is 22.7 Å². The van der Waals surface area contributed by atoms with Gasteiger partial charge in [-0.25, -0.2) is 0 Å². The van der Waals surface area contributed by atoms with E-state index in [-0.39, 0.29) is 5.41 Å². The van der Waals surface area contributed by atoms with Gasteiger partial charge < -0.3 is 5.11 Å². The summed E-state index contributed by atoms with van der Waals surface area (Å²) in [5.41, 5.74) is 0.597. The van der Waals surface area contributed by atoms with Crippen molar-refractivity contribution in [3.63, 3.8) is 0 Å². The van der Waals surface area contributed by atoms with Crippen LogP contribution in [-0.4, -0.2) is 11.1 Å². The Morgan fingerprint density at radius 2 is 1.87 bits per heavy atom. The number of carboxylic acid groups (broad SMARTS) is 1. The first-order valence-electron chi connectivity index (χ1n) is 6.10. The van der Waals surface area contributed by atoms with E-state index in [1.807, 2.05) is 0 Å². The Hall–Kier alpha value is -0.530. The minimum atomic E-state index is -0.644. The first-order valence-corrected chi connectivity index (χ1v) is 6.10. The summed E-state index contributed by atoms with van der Waals surface area (Å²) in [6.45, 7) is 7.01. The molecule has 0 aromatic rings. The second-order valence-corrected chi connectivity index (χ2v) is 6.24. The Labute approximate surface area is 92.1 Å². The van der Waals surface area contributed by atoms with Gasteiger partial charge in [0.25, 0.3) is 0 Å². The average molecular weight is 210 g/mol. The average Bonchev–Trinajstić information content (AvgIpc) is 2.67. The van der Waals surface area contributed by atoms with E-state index >= 15 is 0 Å². The number of carboxylic acids is 1. The Morgan fingerprint density at radius 1 is 1.27 bits per heavy atom.